The van der Waals surface area contributed by atoms with E-state index in [9.17, 15) is 23.6 Å². The number of amides is 4. The van der Waals surface area contributed by atoms with Crippen molar-refractivity contribution < 1.29 is 28.3 Å². The van der Waals surface area contributed by atoms with Gasteiger partial charge in [0.05, 0.1) is 0 Å². The Morgan fingerprint density at radius 2 is 1.59 bits per heavy atom. The largest absolute Gasteiger partial charge is 0.444 e. The minimum atomic E-state index is -0.908. The zero-order valence-electron chi connectivity index (χ0n) is 31.6. The molecule has 1 aromatic heterocycles. The fraction of sp³-hybridized carbons (Fsp3) is 0.425. The van der Waals surface area contributed by atoms with Crippen LogP contribution in [-0.4, -0.2) is 68.7 Å². The molecule has 0 aliphatic heterocycles. The maximum absolute atomic E-state index is 15.0. The number of halogens is 1. The van der Waals surface area contributed by atoms with Crippen molar-refractivity contribution in [2.45, 2.75) is 91.3 Å². The molecule has 0 unspecified atom stereocenters. The van der Waals surface area contributed by atoms with Crippen LogP contribution in [0.15, 0.2) is 60.7 Å². The SMILES string of the molecule is Cc1c(F)cc(C(=O)NC(C)C)cc1-c1ccc(C[C@H](NC(=O)C2CCC(CNC(=O)OC(C)(C)C)CC2)C(=O)Nc2ccc(-c3nn[nH]n3)cc2)cc1. The Morgan fingerprint density at radius 1 is 0.926 bits per heavy atom. The van der Waals surface area contributed by atoms with Gasteiger partial charge in [0.25, 0.3) is 5.91 Å². The number of carbonyl (C=O) groups excluding carboxylic acids is 4. The number of benzene rings is 3. The number of tetrazole rings is 1. The number of H-pyrrole nitrogens is 1. The molecule has 286 valence electrons. The smallest absolute Gasteiger partial charge is 0.407 e. The van der Waals surface area contributed by atoms with Gasteiger partial charge in [0.15, 0.2) is 0 Å². The lowest BCUT2D eigenvalue weighted by atomic mass is 9.81. The standard InChI is InChI=1S/C40H49FN8O5/c1-23(2)43-37(51)30-20-32(24(3)33(41)21-30)27-11-7-25(8-12-27)19-34(38(52)44-31-17-15-28(16-18-31)35-46-48-49-47-35)45-36(50)29-13-9-26(10-14-29)22-42-39(53)54-40(4,5)6/h7-8,11-12,15-18,20-21,23,26,29,34H,9-10,13-14,19,22H2,1-6H3,(H,42,53)(H,43,51)(H,44,52)(H,45,50)(H,46,47,48,49)/t26?,29?,34-/m0/s1. The Kier molecular flexibility index (Phi) is 12.8. The van der Waals surface area contributed by atoms with E-state index in [1.165, 1.54) is 6.07 Å². The summed E-state index contributed by atoms with van der Waals surface area (Å²) in [6, 6.07) is 16.2. The zero-order valence-corrected chi connectivity index (χ0v) is 31.6. The fourth-order valence-electron chi connectivity index (χ4n) is 6.40. The number of rotatable bonds is 12. The summed E-state index contributed by atoms with van der Waals surface area (Å²) in [6.45, 7) is 11.2. The third kappa shape index (κ3) is 10.9. The maximum atomic E-state index is 15.0. The molecule has 5 N–H and O–H groups in total. The van der Waals surface area contributed by atoms with Crippen LogP contribution in [0.1, 0.15) is 81.8 Å². The van der Waals surface area contributed by atoms with Crippen molar-refractivity contribution in [1.29, 1.82) is 0 Å². The molecule has 0 saturated heterocycles. The average Bonchev–Trinajstić information content (AvgIpc) is 3.67. The highest BCUT2D eigenvalue weighted by Crippen LogP contribution is 2.30. The van der Waals surface area contributed by atoms with Gasteiger partial charge in [0.1, 0.15) is 17.5 Å². The molecule has 4 aromatic rings. The summed E-state index contributed by atoms with van der Waals surface area (Å²) in [5.41, 5.74) is 3.36. The van der Waals surface area contributed by atoms with Crippen LogP contribution in [0.25, 0.3) is 22.5 Å². The molecule has 4 amide bonds. The first-order chi connectivity index (χ1) is 25.6. The molecule has 13 nitrogen and oxygen atoms in total. The Bertz CT molecular complexity index is 1920. The molecule has 5 rings (SSSR count). The summed E-state index contributed by atoms with van der Waals surface area (Å²) in [4.78, 5) is 52.3. The second-order valence-corrected chi connectivity index (χ2v) is 15.1. The minimum absolute atomic E-state index is 0.102. The molecule has 0 bridgehead atoms. The Hall–Kier alpha value is -5.66. The van der Waals surface area contributed by atoms with Crippen LogP contribution in [0.4, 0.5) is 14.9 Å². The number of hydrogen-bond acceptors (Lipinski definition) is 8. The average molecular weight is 741 g/mol. The van der Waals surface area contributed by atoms with Crippen molar-refractivity contribution in [3.8, 4) is 22.5 Å². The lowest BCUT2D eigenvalue weighted by molar-refractivity contribution is -0.130. The highest BCUT2D eigenvalue weighted by molar-refractivity contribution is 5.98. The third-order valence-electron chi connectivity index (χ3n) is 9.27. The van der Waals surface area contributed by atoms with Gasteiger partial charge in [-0.2, -0.15) is 5.21 Å². The van der Waals surface area contributed by atoms with E-state index in [4.69, 9.17) is 4.74 Å². The molecular formula is C40H49FN8O5. The first-order valence-corrected chi connectivity index (χ1v) is 18.3. The van der Waals surface area contributed by atoms with E-state index in [0.29, 0.717) is 53.2 Å². The van der Waals surface area contributed by atoms with Gasteiger partial charge < -0.3 is 26.0 Å². The summed E-state index contributed by atoms with van der Waals surface area (Å²) in [5, 5.41) is 25.5. The van der Waals surface area contributed by atoms with Crippen molar-refractivity contribution in [3.63, 3.8) is 0 Å². The summed E-state index contributed by atoms with van der Waals surface area (Å²) in [7, 11) is 0. The van der Waals surface area contributed by atoms with Gasteiger partial charge in [-0.05, 0) is 137 Å². The van der Waals surface area contributed by atoms with Crippen molar-refractivity contribution in [2.24, 2.45) is 11.8 Å². The molecule has 0 spiro atoms. The molecule has 1 aliphatic rings. The fourth-order valence-corrected chi connectivity index (χ4v) is 6.40. The van der Waals surface area contributed by atoms with Crippen LogP contribution in [0.2, 0.25) is 0 Å². The number of anilines is 1. The summed E-state index contributed by atoms with van der Waals surface area (Å²) in [5.74, 6) is -1.09. The maximum Gasteiger partial charge on any atom is 0.407 e. The molecule has 3 aromatic carbocycles. The highest BCUT2D eigenvalue weighted by atomic mass is 19.1. The summed E-state index contributed by atoms with van der Waals surface area (Å²) in [6.07, 6.45) is 2.48. The highest BCUT2D eigenvalue weighted by Gasteiger charge is 2.30. The van der Waals surface area contributed by atoms with Crippen LogP contribution >= 0.6 is 0 Å². The van der Waals surface area contributed by atoms with Crippen molar-refractivity contribution in [1.82, 2.24) is 36.6 Å². The molecular weight excluding hydrogens is 691 g/mol. The molecule has 1 saturated carbocycles. The van der Waals surface area contributed by atoms with E-state index in [0.717, 1.165) is 18.4 Å². The predicted octanol–water partition coefficient (Wildman–Crippen LogP) is 6.12. The lowest BCUT2D eigenvalue weighted by Gasteiger charge is -2.29. The number of ether oxygens (including phenoxy) is 1. The van der Waals surface area contributed by atoms with Crippen LogP contribution in [0, 0.1) is 24.6 Å². The number of carbonyl (C=O) groups is 4. The van der Waals surface area contributed by atoms with Crippen LogP contribution < -0.4 is 21.3 Å². The first-order valence-electron chi connectivity index (χ1n) is 18.3. The van der Waals surface area contributed by atoms with Crippen LogP contribution in [0.5, 0.6) is 0 Å². The van der Waals surface area contributed by atoms with Crippen molar-refractivity contribution in [2.75, 3.05) is 11.9 Å². The quantitative estimate of drug-likeness (QED) is 0.115. The minimum Gasteiger partial charge on any atom is -0.444 e. The van der Waals surface area contributed by atoms with E-state index in [1.54, 1.807) is 37.3 Å². The van der Waals surface area contributed by atoms with Gasteiger partial charge >= 0.3 is 6.09 Å². The molecule has 14 heteroatoms. The van der Waals surface area contributed by atoms with Gasteiger partial charge in [-0.25, -0.2) is 9.18 Å². The second kappa shape index (κ2) is 17.4. The summed E-state index contributed by atoms with van der Waals surface area (Å²) < 4.78 is 20.3. The lowest BCUT2D eigenvalue weighted by Crippen LogP contribution is -2.48. The number of nitrogens with one attached hydrogen (secondary N) is 5. The Morgan fingerprint density at radius 3 is 2.20 bits per heavy atom. The zero-order chi connectivity index (χ0) is 39.0. The van der Waals surface area contributed by atoms with Gasteiger partial charge in [-0.3, -0.25) is 14.4 Å². The van der Waals surface area contributed by atoms with Crippen molar-refractivity contribution >= 4 is 29.5 Å². The monoisotopic (exact) mass is 740 g/mol. The number of alkyl carbamates (subject to hydrolysis) is 1. The molecule has 1 atom stereocenters. The van der Waals surface area contributed by atoms with Gasteiger partial charge in [0, 0.05) is 41.7 Å². The van der Waals surface area contributed by atoms with Gasteiger partial charge in [-0.1, -0.05) is 24.3 Å². The topological polar surface area (TPSA) is 180 Å². The van der Waals surface area contributed by atoms with Gasteiger partial charge in [0.2, 0.25) is 17.6 Å². The van der Waals surface area contributed by atoms with Crippen LogP contribution in [-0.2, 0) is 20.7 Å². The normalized spacial score (nSPS) is 16.3. The van der Waals surface area contributed by atoms with Gasteiger partial charge in [-0.15, -0.1) is 10.2 Å². The van der Waals surface area contributed by atoms with E-state index in [2.05, 4.69) is 41.9 Å². The van der Waals surface area contributed by atoms with E-state index < -0.39 is 29.5 Å². The predicted molar refractivity (Wildman–Crippen MR) is 203 cm³/mol. The molecule has 1 heterocycles. The molecule has 1 fully saturated rings. The molecule has 54 heavy (non-hydrogen) atoms. The van der Waals surface area contributed by atoms with Crippen LogP contribution in [0.3, 0.4) is 0 Å². The number of nitrogens with zero attached hydrogens (tertiary/aromatic N) is 3. The third-order valence-corrected chi connectivity index (χ3v) is 9.27. The molecule has 0 radical (unpaired) electrons. The Labute approximate surface area is 314 Å². The number of aromatic amines is 1. The summed E-state index contributed by atoms with van der Waals surface area (Å²) >= 11 is 0. The van der Waals surface area contributed by atoms with Crippen molar-refractivity contribution in [3.05, 3.63) is 83.2 Å². The van der Waals surface area contributed by atoms with E-state index in [1.807, 2.05) is 58.9 Å². The molecule has 1 aliphatic carbocycles. The number of aromatic nitrogens is 4. The second-order valence-electron chi connectivity index (χ2n) is 15.1. The number of hydrogen-bond donors (Lipinski definition) is 5. The first kappa shape index (κ1) is 39.5. The van der Waals surface area contributed by atoms with E-state index >= 15 is 0 Å². The van der Waals surface area contributed by atoms with E-state index in [-0.39, 0.29) is 41.7 Å². The Balaban J connectivity index is 1.28.